The lowest BCUT2D eigenvalue weighted by molar-refractivity contribution is 0.0601. The number of hydrogen-bond acceptors (Lipinski definition) is 7. The molecule has 0 aliphatic heterocycles. The second kappa shape index (κ2) is 8.86. The van der Waals surface area contributed by atoms with E-state index in [1.807, 2.05) is 32.0 Å². The lowest BCUT2D eigenvalue weighted by Gasteiger charge is -2.14. The standard InChI is InChI=1S/C22H24N4O5/c1-12-7-8-17(13(2)9-12)26-24-14(3)20(25-26)21(27)23-16-11-19(30-5)18(29-4)10-15(16)22(28)31-6/h7-11H,1-6H3,(H,23,27). The van der Waals surface area contributed by atoms with E-state index in [0.717, 1.165) is 16.8 Å². The zero-order chi connectivity index (χ0) is 22.7. The van der Waals surface area contributed by atoms with Crippen LogP contribution in [0.1, 0.15) is 37.7 Å². The molecule has 3 aromatic rings. The van der Waals surface area contributed by atoms with E-state index in [1.54, 1.807) is 6.92 Å². The second-order valence-electron chi connectivity index (χ2n) is 6.91. The lowest BCUT2D eigenvalue weighted by atomic mass is 10.1. The third kappa shape index (κ3) is 4.35. The van der Waals surface area contributed by atoms with Crippen molar-refractivity contribution in [1.82, 2.24) is 15.0 Å². The SMILES string of the molecule is COC(=O)c1cc(OC)c(OC)cc1NC(=O)c1nn(-c2ccc(C)cc2C)nc1C. The fraction of sp³-hybridized carbons (Fsp3) is 0.273. The molecule has 1 heterocycles. The number of nitrogens with zero attached hydrogens (tertiary/aromatic N) is 3. The van der Waals surface area contributed by atoms with Crippen molar-refractivity contribution in [3.63, 3.8) is 0 Å². The highest BCUT2D eigenvalue weighted by Gasteiger charge is 2.22. The van der Waals surface area contributed by atoms with E-state index < -0.39 is 11.9 Å². The van der Waals surface area contributed by atoms with Gasteiger partial charge in [-0.15, -0.1) is 5.10 Å². The van der Waals surface area contributed by atoms with Gasteiger partial charge >= 0.3 is 5.97 Å². The highest BCUT2D eigenvalue weighted by Crippen LogP contribution is 2.34. The highest BCUT2D eigenvalue weighted by molar-refractivity contribution is 6.08. The molecule has 1 N–H and O–H groups in total. The molecule has 0 atom stereocenters. The number of hydrogen-bond donors (Lipinski definition) is 1. The van der Waals surface area contributed by atoms with Gasteiger partial charge in [0, 0.05) is 12.1 Å². The largest absolute Gasteiger partial charge is 0.493 e. The molecule has 0 bridgehead atoms. The maximum atomic E-state index is 13.0. The van der Waals surface area contributed by atoms with Gasteiger partial charge in [0.25, 0.3) is 5.91 Å². The first-order valence-electron chi connectivity index (χ1n) is 9.46. The minimum atomic E-state index is -0.632. The van der Waals surface area contributed by atoms with Gasteiger partial charge in [-0.3, -0.25) is 4.79 Å². The predicted molar refractivity (Wildman–Crippen MR) is 114 cm³/mol. The molecule has 0 aliphatic rings. The van der Waals surface area contributed by atoms with Crippen LogP contribution in [0.2, 0.25) is 0 Å². The lowest BCUT2D eigenvalue weighted by Crippen LogP contribution is -2.17. The summed E-state index contributed by atoms with van der Waals surface area (Å²) < 4.78 is 15.3. The third-order valence-electron chi connectivity index (χ3n) is 4.74. The van der Waals surface area contributed by atoms with Crippen LogP contribution in [-0.2, 0) is 4.74 Å². The zero-order valence-electron chi connectivity index (χ0n) is 18.3. The van der Waals surface area contributed by atoms with Crippen LogP contribution in [0.3, 0.4) is 0 Å². The van der Waals surface area contributed by atoms with Crippen molar-refractivity contribution in [1.29, 1.82) is 0 Å². The van der Waals surface area contributed by atoms with Crippen molar-refractivity contribution in [2.75, 3.05) is 26.6 Å². The zero-order valence-corrected chi connectivity index (χ0v) is 18.3. The Bertz CT molecular complexity index is 1150. The second-order valence-corrected chi connectivity index (χ2v) is 6.91. The first-order chi connectivity index (χ1) is 14.8. The molecule has 0 spiro atoms. The third-order valence-corrected chi connectivity index (χ3v) is 4.74. The van der Waals surface area contributed by atoms with Crippen LogP contribution < -0.4 is 14.8 Å². The topological polar surface area (TPSA) is 105 Å². The number of carbonyl (C=O) groups excluding carboxylic acids is 2. The number of nitrogens with one attached hydrogen (secondary N) is 1. The number of benzene rings is 2. The summed E-state index contributed by atoms with van der Waals surface area (Å²) >= 11 is 0. The number of rotatable bonds is 6. The first-order valence-corrected chi connectivity index (χ1v) is 9.46. The van der Waals surface area contributed by atoms with Crippen LogP contribution >= 0.6 is 0 Å². The van der Waals surface area contributed by atoms with Gasteiger partial charge < -0.3 is 19.5 Å². The van der Waals surface area contributed by atoms with Gasteiger partial charge in [0.1, 0.15) is 0 Å². The molecule has 0 aliphatic carbocycles. The van der Waals surface area contributed by atoms with Crippen molar-refractivity contribution < 1.29 is 23.8 Å². The van der Waals surface area contributed by atoms with E-state index >= 15 is 0 Å². The molecule has 162 valence electrons. The molecule has 2 aromatic carbocycles. The summed E-state index contributed by atoms with van der Waals surface area (Å²) in [5.74, 6) is -0.475. The minimum absolute atomic E-state index is 0.118. The number of aryl methyl sites for hydroxylation is 3. The number of carbonyl (C=O) groups is 2. The molecular formula is C22H24N4O5. The van der Waals surface area contributed by atoms with E-state index in [1.165, 1.54) is 38.3 Å². The Morgan fingerprint density at radius 2 is 1.61 bits per heavy atom. The Hall–Kier alpha value is -3.88. The van der Waals surface area contributed by atoms with Crippen molar-refractivity contribution in [3.8, 4) is 17.2 Å². The Morgan fingerprint density at radius 3 is 2.23 bits per heavy atom. The molecule has 1 aromatic heterocycles. The summed E-state index contributed by atoms with van der Waals surface area (Å²) in [5.41, 5.74) is 3.77. The number of methoxy groups -OCH3 is 3. The Kier molecular flexibility index (Phi) is 6.24. The average Bonchev–Trinajstić information content (AvgIpc) is 3.14. The summed E-state index contributed by atoms with van der Waals surface area (Å²) in [6.45, 7) is 5.64. The predicted octanol–water partition coefficient (Wildman–Crippen LogP) is 3.25. The molecule has 0 radical (unpaired) electrons. The van der Waals surface area contributed by atoms with Gasteiger partial charge in [0.2, 0.25) is 0 Å². The fourth-order valence-electron chi connectivity index (χ4n) is 3.17. The minimum Gasteiger partial charge on any atom is -0.493 e. The van der Waals surface area contributed by atoms with Gasteiger partial charge in [-0.2, -0.15) is 9.90 Å². The number of esters is 1. The molecule has 1 amide bonds. The van der Waals surface area contributed by atoms with Crippen LogP contribution in [0.25, 0.3) is 5.69 Å². The van der Waals surface area contributed by atoms with E-state index in [2.05, 4.69) is 15.5 Å². The van der Waals surface area contributed by atoms with Crippen LogP contribution in [0.4, 0.5) is 5.69 Å². The summed E-state index contributed by atoms with van der Waals surface area (Å²) in [4.78, 5) is 26.6. The molecule has 3 rings (SSSR count). The van der Waals surface area contributed by atoms with Gasteiger partial charge in [-0.25, -0.2) is 4.79 Å². The summed E-state index contributed by atoms with van der Waals surface area (Å²) in [6, 6.07) is 8.80. The normalized spacial score (nSPS) is 10.5. The Labute approximate surface area is 179 Å². The molecule has 0 saturated carbocycles. The van der Waals surface area contributed by atoms with Gasteiger partial charge in [0.15, 0.2) is 17.2 Å². The molecular weight excluding hydrogens is 400 g/mol. The van der Waals surface area contributed by atoms with Gasteiger partial charge in [-0.05, 0) is 32.4 Å². The molecule has 0 saturated heterocycles. The quantitative estimate of drug-likeness (QED) is 0.606. The number of aromatic nitrogens is 3. The number of ether oxygens (including phenoxy) is 3. The van der Waals surface area contributed by atoms with E-state index in [0.29, 0.717) is 17.2 Å². The number of amides is 1. The maximum absolute atomic E-state index is 13.0. The highest BCUT2D eigenvalue weighted by atomic mass is 16.5. The van der Waals surface area contributed by atoms with Crippen molar-refractivity contribution >= 4 is 17.6 Å². The van der Waals surface area contributed by atoms with E-state index in [-0.39, 0.29) is 16.9 Å². The van der Waals surface area contributed by atoms with Gasteiger partial charge in [0.05, 0.1) is 44.0 Å². The molecule has 0 unspecified atom stereocenters. The summed E-state index contributed by atoms with van der Waals surface area (Å²) in [5, 5.41) is 11.4. The number of anilines is 1. The molecule has 9 heteroatoms. The van der Waals surface area contributed by atoms with Crippen molar-refractivity contribution in [2.24, 2.45) is 0 Å². The molecule has 0 fully saturated rings. The van der Waals surface area contributed by atoms with Crippen molar-refractivity contribution in [2.45, 2.75) is 20.8 Å². The Morgan fingerprint density at radius 1 is 0.935 bits per heavy atom. The smallest absolute Gasteiger partial charge is 0.340 e. The van der Waals surface area contributed by atoms with Crippen molar-refractivity contribution in [3.05, 3.63) is 58.4 Å². The van der Waals surface area contributed by atoms with Crippen LogP contribution in [0.15, 0.2) is 30.3 Å². The average molecular weight is 424 g/mol. The van der Waals surface area contributed by atoms with E-state index in [9.17, 15) is 9.59 Å². The van der Waals surface area contributed by atoms with Gasteiger partial charge in [-0.1, -0.05) is 17.7 Å². The maximum Gasteiger partial charge on any atom is 0.340 e. The molecule has 31 heavy (non-hydrogen) atoms. The summed E-state index contributed by atoms with van der Waals surface area (Å²) in [7, 11) is 4.16. The summed E-state index contributed by atoms with van der Waals surface area (Å²) in [6.07, 6.45) is 0. The van der Waals surface area contributed by atoms with E-state index in [4.69, 9.17) is 14.2 Å². The first kappa shape index (κ1) is 21.8. The fourth-order valence-corrected chi connectivity index (χ4v) is 3.17. The van der Waals surface area contributed by atoms with Crippen LogP contribution in [0, 0.1) is 20.8 Å². The molecule has 9 nitrogen and oxygen atoms in total. The van der Waals surface area contributed by atoms with Crippen LogP contribution in [-0.4, -0.2) is 48.2 Å². The monoisotopic (exact) mass is 424 g/mol. The van der Waals surface area contributed by atoms with Crippen LogP contribution in [0.5, 0.6) is 11.5 Å². The Balaban J connectivity index is 1.98.